The first-order valence-electron chi connectivity index (χ1n) is 8.00. The fourth-order valence-corrected chi connectivity index (χ4v) is 1.79. The molecular formula is C17H26FNO4. The molecule has 0 unspecified atom stereocenters. The first kappa shape index (κ1) is 19.4. The lowest BCUT2D eigenvalue weighted by molar-refractivity contribution is 0.0129. The average molecular weight is 327 g/mol. The van der Waals surface area contributed by atoms with Crippen molar-refractivity contribution in [3.05, 3.63) is 29.8 Å². The van der Waals surface area contributed by atoms with Crippen molar-refractivity contribution in [3.63, 3.8) is 0 Å². The Bertz CT molecular complexity index is 425. The van der Waals surface area contributed by atoms with Gasteiger partial charge in [-0.25, -0.2) is 9.18 Å². The molecule has 0 aliphatic rings. The summed E-state index contributed by atoms with van der Waals surface area (Å²) in [6.45, 7) is 3.82. The summed E-state index contributed by atoms with van der Waals surface area (Å²) in [7, 11) is 0. The highest BCUT2D eigenvalue weighted by atomic mass is 19.1. The summed E-state index contributed by atoms with van der Waals surface area (Å²) in [5.41, 5.74) is 1.50. The predicted octanol–water partition coefficient (Wildman–Crippen LogP) is 3.06. The Balaban J connectivity index is 2.14. The van der Waals surface area contributed by atoms with Crippen LogP contribution in [0.2, 0.25) is 0 Å². The maximum Gasteiger partial charge on any atom is 0.338 e. The molecule has 1 aromatic carbocycles. The van der Waals surface area contributed by atoms with Gasteiger partial charge < -0.3 is 19.5 Å². The highest BCUT2D eigenvalue weighted by molar-refractivity contribution is 5.89. The van der Waals surface area contributed by atoms with Gasteiger partial charge in [-0.05, 0) is 30.7 Å². The number of rotatable bonds is 13. The zero-order valence-corrected chi connectivity index (χ0v) is 13.7. The predicted molar refractivity (Wildman–Crippen MR) is 87.7 cm³/mol. The minimum absolute atomic E-state index is 0.0850. The number of anilines is 1. The maximum atomic E-state index is 11.8. The Hall–Kier alpha value is -1.66. The molecule has 130 valence electrons. The third kappa shape index (κ3) is 9.15. The molecule has 1 N–H and O–H groups in total. The summed E-state index contributed by atoms with van der Waals surface area (Å²) in [4.78, 5) is 11.8. The normalized spacial score (nSPS) is 10.5. The van der Waals surface area contributed by atoms with Gasteiger partial charge in [0.25, 0.3) is 0 Å². The van der Waals surface area contributed by atoms with Crippen LogP contribution < -0.4 is 5.32 Å². The molecule has 23 heavy (non-hydrogen) atoms. The molecule has 0 spiro atoms. The first-order chi connectivity index (χ1) is 11.3. The summed E-state index contributed by atoms with van der Waals surface area (Å²) in [5, 5.41) is 3.29. The topological polar surface area (TPSA) is 56.8 Å². The number of ether oxygens (including phenoxy) is 3. The number of esters is 1. The third-order valence-corrected chi connectivity index (χ3v) is 3.03. The smallest absolute Gasteiger partial charge is 0.338 e. The van der Waals surface area contributed by atoms with Crippen LogP contribution in [0.5, 0.6) is 0 Å². The van der Waals surface area contributed by atoms with E-state index in [-0.39, 0.29) is 19.2 Å². The molecule has 0 heterocycles. The van der Waals surface area contributed by atoms with Gasteiger partial charge in [0.1, 0.15) is 13.3 Å². The number of nitrogens with one attached hydrogen (secondary N) is 1. The second-order valence-electron chi connectivity index (χ2n) is 4.91. The molecule has 0 bridgehead atoms. The van der Waals surface area contributed by atoms with Crippen molar-refractivity contribution in [1.82, 2.24) is 0 Å². The quantitative estimate of drug-likeness (QED) is 0.446. The summed E-state index contributed by atoms with van der Waals surface area (Å²) in [6.07, 6.45) is 2.25. The molecule has 0 fully saturated rings. The molecule has 0 radical (unpaired) electrons. The second kappa shape index (κ2) is 12.8. The molecule has 5 nitrogen and oxygen atoms in total. The van der Waals surface area contributed by atoms with Crippen molar-refractivity contribution in [3.8, 4) is 0 Å². The van der Waals surface area contributed by atoms with Crippen molar-refractivity contribution in [2.45, 2.75) is 19.8 Å². The Morgan fingerprint density at radius 2 is 1.70 bits per heavy atom. The van der Waals surface area contributed by atoms with Crippen molar-refractivity contribution in [2.24, 2.45) is 0 Å². The van der Waals surface area contributed by atoms with Crippen molar-refractivity contribution >= 4 is 11.7 Å². The first-order valence-corrected chi connectivity index (χ1v) is 8.00. The molecule has 1 rings (SSSR count). The number of hydrogen-bond donors (Lipinski definition) is 1. The minimum Gasteiger partial charge on any atom is -0.460 e. The van der Waals surface area contributed by atoms with Crippen LogP contribution in [0.4, 0.5) is 10.1 Å². The molecule has 0 aliphatic carbocycles. The summed E-state index contributed by atoms with van der Waals surface area (Å²) >= 11 is 0. The number of benzene rings is 1. The molecular weight excluding hydrogens is 301 g/mol. The summed E-state index contributed by atoms with van der Waals surface area (Å²) in [5.74, 6) is -0.373. The third-order valence-electron chi connectivity index (χ3n) is 3.03. The number of alkyl halides is 1. The summed E-state index contributed by atoms with van der Waals surface area (Å²) in [6, 6.07) is 7.21. The number of halogens is 1. The molecule has 1 aromatic rings. The Kier molecular flexibility index (Phi) is 10.8. The van der Waals surface area contributed by atoms with Gasteiger partial charge in [-0.15, -0.1) is 0 Å². The van der Waals surface area contributed by atoms with Gasteiger partial charge in [0.05, 0.1) is 32.0 Å². The minimum atomic E-state index is -0.496. The van der Waals surface area contributed by atoms with Crippen LogP contribution in [0.3, 0.4) is 0 Å². The Morgan fingerprint density at radius 3 is 2.35 bits per heavy atom. The van der Waals surface area contributed by atoms with Gasteiger partial charge in [-0.3, -0.25) is 0 Å². The largest absolute Gasteiger partial charge is 0.460 e. The lowest BCUT2D eigenvalue weighted by Gasteiger charge is -2.08. The van der Waals surface area contributed by atoms with E-state index in [4.69, 9.17) is 14.2 Å². The van der Waals surface area contributed by atoms with Crippen LogP contribution in [0, 0.1) is 0 Å². The van der Waals surface area contributed by atoms with Crippen LogP contribution in [0.1, 0.15) is 30.1 Å². The second-order valence-corrected chi connectivity index (χ2v) is 4.91. The zero-order chi connectivity index (χ0) is 16.8. The fraction of sp³-hybridized carbons (Fsp3) is 0.588. The van der Waals surface area contributed by atoms with Crippen molar-refractivity contribution in [1.29, 1.82) is 0 Å². The average Bonchev–Trinajstić information content (AvgIpc) is 2.58. The number of carbonyl (C=O) groups excluding carboxylic acids is 1. The maximum absolute atomic E-state index is 11.8. The van der Waals surface area contributed by atoms with E-state index in [1.807, 2.05) is 12.1 Å². The van der Waals surface area contributed by atoms with E-state index in [0.717, 1.165) is 25.1 Å². The SMILES string of the molecule is CCCCNc1ccc(C(=O)OCCOCCOCCF)cc1. The standard InChI is InChI=1S/C17H26FNO4/c1-2-3-9-19-16-6-4-15(5-7-16)17(20)23-14-13-22-12-11-21-10-8-18/h4-7,19H,2-3,8-14H2,1H3. The summed E-state index contributed by atoms with van der Waals surface area (Å²) < 4.78 is 27.0. The van der Waals surface area contributed by atoms with Gasteiger partial charge in [-0.1, -0.05) is 13.3 Å². The molecule has 0 saturated heterocycles. The van der Waals surface area contributed by atoms with Crippen molar-refractivity contribution in [2.75, 3.05) is 51.6 Å². The van der Waals surface area contributed by atoms with Crippen molar-refractivity contribution < 1.29 is 23.4 Å². The van der Waals surface area contributed by atoms with E-state index >= 15 is 0 Å². The van der Waals surface area contributed by atoms with Gasteiger partial charge in [0, 0.05) is 12.2 Å². The lowest BCUT2D eigenvalue weighted by atomic mass is 10.2. The highest BCUT2D eigenvalue weighted by Gasteiger charge is 2.06. The Labute approximate surface area is 137 Å². The van der Waals surface area contributed by atoms with E-state index in [1.54, 1.807) is 12.1 Å². The fourth-order valence-electron chi connectivity index (χ4n) is 1.79. The zero-order valence-electron chi connectivity index (χ0n) is 13.7. The highest BCUT2D eigenvalue weighted by Crippen LogP contribution is 2.10. The van der Waals surface area contributed by atoms with E-state index in [2.05, 4.69) is 12.2 Å². The van der Waals surface area contributed by atoms with Crippen LogP contribution in [-0.4, -0.2) is 52.2 Å². The van der Waals surface area contributed by atoms with Crippen LogP contribution in [-0.2, 0) is 14.2 Å². The van der Waals surface area contributed by atoms with Gasteiger partial charge in [-0.2, -0.15) is 0 Å². The van der Waals surface area contributed by atoms with Gasteiger partial charge in [0.15, 0.2) is 0 Å². The lowest BCUT2D eigenvalue weighted by Crippen LogP contribution is -2.13. The van der Waals surface area contributed by atoms with Crippen LogP contribution >= 0.6 is 0 Å². The van der Waals surface area contributed by atoms with E-state index in [1.165, 1.54) is 0 Å². The van der Waals surface area contributed by atoms with E-state index < -0.39 is 6.67 Å². The van der Waals surface area contributed by atoms with E-state index in [0.29, 0.717) is 25.4 Å². The number of carbonyl (C=O) groups is 1. The molecule has 0 aromatic heterocycles. The molecule has 0 amide bonds. The Morgan fingerprint density at radius 1 is 1.04 bits per heavy atom. The molecule has 0 saturated carbocycles. The van der Waals surface area contributed by atoms with E-state index in [9.17, 15) is 9.18 Å². The molecule has 6 heteroatoms. The van der Waals surface area contributed by atoms with Gasteiger partial charge >= 0.3 is 5.97 Å². The number of hydrogen-bond acceptors (Lipinski definition) is 5. The van der Waals surface area contributed by atoms with Crippen LogP contribution in [0.25, 0.3) is 0 Å². The molecule has 0 atom stereocenters. The van der Waals surface area contributed by atoms with Crippen LogP contribution in [0.15, 0.2) is 24.3 Å². The number of unbranched alkanes of at least 4 members (excludes halogenated alkanes) is 1. The van der Waals surface area contributed by atoms with Gasteiger partial charge in [0.2, 0.25) is 0 Å². The molecule has 0 aliphatic heterocycles. The monoisotopic (exact) mass is 327 g/mol.